The van der Waals surface area contributed by atoms with Gasteiger partial charge in [-0.1, -0.05) is 67.7 Å². The Morgan fingerprint density at radius 1 is 0.862 bits per heavy atom. The molecule has 0 spiro atoms. The van der Waals surface area contributed by atoms with E-state index in [1.807, 2.05) is 13.8 Å². The van der Waals surface area contributed by atoms with Crippen LogP contribution in [0.2, 0.25) is 0 Å². The molecule has 170 valence electrons. The number of carbonyl (C=O) groups is 2. The Morgan fingerprint density at radius 3 is 1.86 bits per heavy atom. The first-order chi connectivity index (χ1) is 13.2. The molecule has 0 amide bonds. The first-order valence-corrected chi connectivity index (χ1v) is 11.6. The molecule has 0 aromatic heterocycles. The molecule has 0 heterocycles. The van der Waals surface area contributed by atoms with Crippen LogP contribution < -0.4 is 0 Å². The molecule has 0 aromatic carbocycles. The minimum Gasteiger partial charge on any atom is -0.457 e. The summed E-state index contributed by atoms with van der Waals surface area (Å²) in [4.78, 5) is 25.8. The first-order valence-electron chi connectivity index (χ1n) is 11.6. The number of esters is 2. The monoisotopic (exact) mass is 410 g/mol. The summed E-state index contributed by atoms with van der Waals surface area (Å²) >= 11 is 0. The summed E-state index contributed by atoms with van der Waals surface area (Å²) in [5, 5.41) is 0. The second kappa shape index (κ2) is 9.83. The van der Waals surface area contributed by atoms with Crippen LogP contribution in [-0.4, -0.2) is 24.1 Å². The summed E-state index contributed by atoms with van der Waals surface area (Å²) in [6.45, 7) is 18.5. The maximum atomic E-state index is 13.2. The molecule has 2 unspecified atom stereocenters. The molecule has 2 atom stereocenters. The van der Waals surface area contributed by atoms with Crippen molar-refractivity contribution in [2.45, 2.75) is 119 Å². The smallest absolute Gasteiger partial charge is 0.344 e. The third-order valence-electron chi connectivity index (χ3n) is 7.55. The van der Waals surface area contributed by atoms with E-state index in [-0.39, 0.29) is 23.4 Å². The van der Waals surface area contributed by atoms with E-state index < -0.39 is 17.0 Å². The zero-order valence-electron chi connectivity index (χ0n) is 20.6. The molecule has 0 saturated heterocycles. The van der Waals surface area contributed by atoms with Crippen molar-refractivity contribution in [3.8, 4) is 0 Å². The van der Waals surface area contributed by atoms with Gasteiger partial charge in [0.25, 0.3) is 0 Å². The van der Waals surface area contributed by atoms with Crippen LogP contribution >= 0.6 is 0 Å². The zero-order valence-corrected chi connectivity index (χ0v) is 20.6. The summed E-state index contributed by atoms with van der Waals surface area (Å²) in [7, 11) is 0. The largest absolute Gasteiger partial charge is 0.457 e. The van der Waals surface area contributed by atoms with Crippen LogP contribution in [0.4, 0.5) is 0 Å². The maximum Gasteiger partial charge on any atom is 0.344 e. The normalized spacial score (nSPS) is 20.4. The van der Waals surface area contributed by atoms with E-state index >= 15 is 0 Å². The second-order valence-corrected chi connectivity index (χ2v) is 11.4. The van der Waals surface area contributed by atoms with Gasteiger partial charge in [0.15, 0.2) is 6.61 Å². The molecule has 0 N–H and O–H groups in total. The van der Waals surface area contributed by atoms with Gasteiger partial charge in [-0.05, 0) is 62.7 Å². The van der Waals surface area contributed by atoms with Gasteiger partial charge in [-0.2, -0.15) is 0 Å². The second-order valence-electron chi connectivity index (χ2n) is 11.4. The molecule has 0 radical (unpaired) electrons. The van der Waals surface area contributed by atoms with Gasteiger partial charge >= 0.3 is 11.9 Å². The Morgan fingerprint density at radius 2 is 1.41 bits per heavy atom. The van der Waals surface area contributed by atoms with Gasteiger partial charge < -0.3 is 9.47 Å². The molecule has 0 aromatic rings. The van der Waals surface area contributed by atoms with Crippen LogP contribution in [0, 0.1) is 22.2 Å². The standard InChI is InChI=1S/C25H46O4/c1-10-23(6,7)24(8,18-22(3,4)5)21(27)28-17-20(26)29-25(9,11-2)19-15-13-12-14-16-19/h19H,10-18H2,1-9H3. The molecule has 1 rings (SSSR count). The minimum absolute atomic E-state index is 0.0253. The van der Waals surface area contributed by atoms with Gasteiger partial charge in [0, 0.05) is 0 Å². The van der Waals surface area contributed by atoms with E-state index in [1.54, 1.807) is 0 Å². The number of rotatable bonds is 9. The lowest BCUT2D eigenvalue weighted by molar-refractivity contribution is -0.182. The molecule has 0 aliphatic heterocycles. The third kappa shape index (κ3) is 6.72. The summed E-state index contributed by atoms with van der Waals surface area (Å²) in [5.41, 5.74) is -1.40. The predicted molar refractivity (Wildman–Crippen MR) is 119 cm³/mol. The lowest BCUT2D eigenvalue weighted by atomic mass is 9.59. The number of hydrogen-bond donors (Lipinski definition) is 0. The van der Waals surface area contributed by atoms with Gasteiger partial charge in [-0.3, -0.25) is 4.79 Å². The molecule has 29 heavy (non-hydrogen) atoms. The van der Waals surface area contributed by atoms with Crippen molar-refractivity contribution in [1.29, 1.82) is 0 Å². The minimum atomic E-state index is -0.669. The van der Waals surface area contributed by atoms with Crippen LogP contribution in [0.25, 0.3) is 0 Å². The van der Waals surface area contributed by atoms with Crippen molar-refractivity contribution in [3.63, 3.8) is 0 Å². The van der Waals surface area contributed by atoms with Crippen LogP contribution in [0.1, 0.15) is 114 Å². The van der Waals surface area contributed by atoms with E-state index in [0.29, 0.717) is 12.3 Å². The average Bonchev–Trinajstić information content (AvgIpc) is 2.65. The summed E-state index contributed by atoms with van der Waals surface area (Å²) in [5.74, 6) is -0.334. The van der Waals surface area contributed by atoms with Crippen molar-refractivity contribution in [3.05, 3.63) is 0 Å². The molecule has 0 bridgehead atoms. The van der Waals surface area contributed by atoms with Crippen molar-refractivity contribution >= 4 is 11.9 Å². The molecule has 1 fully saturated rings. The topological polar surface area (TPSA) is 52.6 Å². The van der Waals surface area contributed by atoms with Gasteiger partial charge in [0.2, 0.25) is 0 Å². The van der Waals surface area contributed by atoms with E-state index in [2.05, 4.69) is 48.5 Å². The third-order valence-corrected chi connectivity index (χ3v) is 7.55. The Balaban J connectivity index is 2.82. The van der Waals surface area contributed by atoms with Crippen LogP contribution in [0.3, 0.4) is 0 Å². The van der Waals surface area contributed by atoms with Gasteiger partial charge in [0.1, 0.15) is 5.60 Å². The summed E-state index contributed by atoms with van der Waals surface area (Å²) in [6, 6.07) is 0. The average molecular weight is 411 g/mol. The molecular weight excluding hydrogens is 364 g/mol. The first kappa shape index (κ1) is 26.0. The number of ether oxygens (including phenoxy) is 2. The highest BCUT2D eigenvalue weighted by atomic mass is 16.6. The highest BCUT2D eigenvalue weighted by molar-refractivity contribution is 5.81. The Kier molecular flexibility index (Phi) is 8.81. The van der Waals surface area contributed by atoms with Crippen LogP contribution in [0.5, 0.6) is 0 Å². The quantitative estimate of drug-likeness (QED) is 0.397. The highest BCUT2D eigenvalue weighted by Crippen LogP contribution is 2.49. The lowest BCUT2D eigenvalue weighted by Crippen LogP contribution is -2.46. The molecule has 4 nitrogen and oxygen atoms in total. The lowest BCUT2D eigenvalue weighted by Gasteiger charge is -2.45. The van der Waals surface area contributed by atoms with Gasteiger partial charge in [0.05, 0.1) is 5.41 Å². The summed E-state index contributed by atoms with van der Waals surface area (Å²) < 4.78 is 11.5. The summed E-state index contributed by atoms with van der Waals surface area (Å²) in [6.07, 6.45) is 8.20. The van der Waals surface area contributed by atoms with Gasteiger partial charge in [-0.15, -0.1) is 0 Å². The van der Waals surface area contributed by atoms with E-state index in [9.17, 15) is 9.59 Å². The van der Waals surface area contributed by atoms with E-state index in [4.69, 9.17) is 9.47 Å². The van der Waals surface area contributed by atoms with Crippen LogP contribution in [-0.2, 0) is 19.1 Å². The fourth-order valence-electron chi connectivity index (χ4n) is 4.77. The van der Waals surface area contributed by atoms with E-state index in [0.717, 1.165) is 25.7 Å². The van der Waals surface area contributed by atoms with Gasteiger partial charge in [-0.25, -0.2) is 4.79 Å². The molecule has 4 heteroatoms. The zero-order chi connectivity index (χ0) is 22.5. The van der Waals surface area contributed by atoms with Crippen molar-refractivity contribution < 1.29 is 19.1 Å². The maximum absolute atomic E-state index is 13.2. The number of carbonyl (C=O) groups excluding carboxylic acids is 2. The molecule has 1 saturated carbocycles. The highest BCUT2D eigenvalue weighted by Gasteiger charge is 2.49. The van der Waals surface area contributed by atoms with Crippen molar-refractivity contribution in [1.82, 2.24) is 0 Å². The predicted octanol–water partition coefficient (Wildman–Crippen LogP) is 6.70. The Hall–Kier alpha value is -1.06. The van der Waals surface area contributed by atoms with E-state index in [1.165, 1.54) is 19.3 Å². The fraction of sp³-hybridized carbons (Fsp3) is 0.920. The Labute approximate surface area is 179 Å². The van der Waals surface area contributed by atoms with Crippen LogP contribution in [0.15, 0.2) is 0 Å². The van der Waals surface area contributed by atoms with Crippen molar-refractivity contribution in [2.24, 2.45) is 22.2 Å². The molecule has 1 aliphatic rings. The molecule has 1 aliphatic carbocycles. The number of hydrogen-bond acceptors (Lipinski definition) is 4. The molecular formula is C25H46O4. The van der Waals surface area contributed by atoms with Crippen molar-refractivity contribution in [2.75, 3.05) is 6.61 Å². The SMILES string of the molecule is CCC(C)(OC(=O)COC(=O)C(C)(CC(C)(C)C)C(C)(C)CC)C1CCCCC1. The Bertz CT molecular complexity index is 554. The fourth-order valence-corrected chi connectivity index (χ4v) is 4.77.